The topological polar surface area (TPSA) is 65.4 Å². The average molecular weight is 441 g/mol. The second-order valence-electron chi connectivity index (χ2n) is 5.80. The molecule has 0 aliphatic rings. The maximum Gasteiger partial charge on any atom is 0.257 e. The number of carbonyl (C=O) groups excluding carboxylic acids is 1. The van der Waals surface area contributed by atoms with Crippen molar-refractivity contribution in [2.45, 2.75) is 6.54 Å². The fourth-order valence-electron chi connectivity index (χ4n) is 2.54. The Labute approximate surface area is 176 Å². The lowest BCUT2D eigenvalue weighted by Crippen LogP contribution is -2.13. The van der Waals surface area contributed by atoms with Crippen LogP contribution in [0.2, 0.25) is 15.1 Å². The average Bonchev–Trinajstić information content (AvgIpc) is 3.02. The third-order valence-corrected chi connectivity index (χ3v) is 4.94. The van der Waals surface area contributed by atoms with Crippen LogP contribution in [0.3, 0.4) is 0 Å². The molecule has 0 atom stereocenters. The van der Waals surface area contributed by atoms with Crippen LogP contribution >= 0.6 is 34.8 Å². The number of benzene rings is 2. The zero-order valence-corrected chi connectivity index (χ0v) is 17.3. The number of hydrogen-bond acceptors (Lipinski definition) is 4. The van der Waals surface area contributed by atoms with Crippen LogP contribution in [-0.2, 0) is 6.54 Å². The molecule has 0 unspecified atom stereocenters. The number of ether oxygens (including phenoxy) is 2. The van der Waals surface area contributed by atoms with E-state index in [1.165, 1.54) is 14.2 Å². The number of amides is 1. The highest BCUT2D eigenvalue weighted by Crippen LogP contribution is 2.29. The zero-order chi connectivity index (χ0) is 20.3. The van der Waals surface area contributed by atoms with Gasteiger partial charge in [0.1, 0.15) is 5.02 Å². The second-order valence-corrected chi connectivity index (χ2v) is 7.02. The van der Waals surface area contributed by atoms with Gasteiger partial charge in [-0.05, 0) is 35.9 Å². The molecule has 3 rings (SSSR count). The van der Waals surface area contributed by atoms with Gasteiger partial charge in [0.15, 0.2) is 17.3 Å². The Morgan fingerprint density at radius 2 is 1.75 bits per heavy atom. The number of halogens is 3. The van der Waals surface area contributed by atoms with Crippen molar-refractivity contribution >= 4 is 46.5 Å². The van der Waals surface area contributed by atoms with E-state index in [0.29, 0.717) is 38.7 Å². The molecule has 0 aliphatic heterocycles. The summed E-state index contributed by atoms with van der Waals surface area (Å²) < 4.78 is 12.0. The van der Waals surface area contributed by atoms with E-state index < -0.39 is 0 Å². The van der Waals surface area contributed by atoms with Crippen LogP contribution in [0.4, 0.5) is 5.82 Å². The molecule has 0 bridgehead atoms. The fraction of sp³-hybridized carbons (Fsp3) is 0.158. The van der Waals surface area contributed by atoms with Crippen molar-refractivity contribution in [2.24, 2.45) is 0 Å². The minimum Gasteiger partial charge on any atom is -0.493 e. The molecular formula is C19H16Cl3N3O3. The van der Waals surface area contributed by atoms with Crippen molar-refractivity contribution in [3.8, 4) is 11.5 Å². The standard InChI is InChI=1S/C19H16Cl3N3O3/c1-27-16-6-4-12(8-17(16)28-2)19(26)23-18-15(22)10-25(24-18)9-11-3-5-13(20)14(21)7-11/h3-8,10H,9H2,1-2H3,(H,23,24,26). The molecule has 28 heavy (non-hydrogen) atoms. The maximum absolute atomic E-state index is 12.5. The predicted octanol–water partition coefficient (Wildman–Crippen LogP) is 5.16. The van der Waals surface area contributed by atoms with Crippen LogP contribution in [0.1, 0.15) is 15.9 Å². The van der Waals surface area contributed by atoms with Crippen molar-refractivity contribution < 1.29 is 14.3 Å². The number of hydrogen-bond donors (Lipinski definition) is 1. The minimum absolute atomic E-state index is 0.251. The van der Waals surface area contributed by atoms with Gasteiger partial charge in [-0.3, -0.25) is 9.48 Å². The first-order valence-corrected chi connectivity index (χ1v) is 9.25. The quantitative estimate of drug-likeness (QED) is 0.575. The van der Waals surface area contributed by atoms with Crippen LogP contribution in [0.5, 0.6) is 11.5 Å². The molecule has 0 aliphatic carbocycles. The highest BCUT2D eigenvalue weighted by atomic mass is 35.5. The molecule has 0 radical (unpaired) electrons. The lowest BCUT2D eigenvalue weighted by molar-refractivity contribution is 0.102. The summed E-state index contributed by atoms with van der Waals surface area (Å²) in [6.07, 6.45) is 1.62. The van der Waals surface area contributed by atoms with Gasteiger partial charge in [0.05, 0.1) is 30.8 Å². The molecule has 0 saturated carbocycles. The Balaban J connectivity index is 1.76. The highest BCUT2D eigenvalue weighted by Gasteiger charge is 2.15. The van der Waals surface area contributed by atoms with E-state index in [2.05, 4.69) is 10.4 Å². The molecule has 2 aromatic carbocycles. The predicted molar refractivity (Wildman–Crippen MR) is 110 cm³/mol. The van der Waals surface area contributed by atoms with Gasteiger partial charge in [0.2, 0.25) is 0 Å². The largest absolute Gasteiger partial charge is 0.493 e. The van der Waals surface area contributed by atoms with Crippen LogP contribution < -0.4 is 14.8 Å². The molecule has 0 spiro atoms. The van der Waals surface area contributed by atoms with Crippen molar-refractivity contribution in [1.29, 1.82) is 0 Å². The van der Waals surface area contributed by atoms with Crippen molar-refractivity contribution in [3.63, 3.8) is 0 Å². The van der Waals surface area contributed by atoms with Crippen LogP contribution in [-0.4, -0.2) is 29.9 Å². The fourth-order valence-corrected chi connectivity index (χ4v) is 3.06. The Morgan fingerprint density at radius 3 is 2.43 bits per heavy atom. The summed E-state index contributed by atoms with van der Waals surface area (Å²) in [6.45, 7) is 0.419. The smallest absolute Gasteiger partial charge is 0.257 e. The summed E-state index contributed by atoms with van der Waals surface area (Å²) in [4.78, 5) is 12.5. The summed E-state index contributed by atoms with van der Waals surface area (Å²) >= 11 is 18.2. The molecule has 0 saturated heterocycles. The Bertz CT molecular complexity index is 1020. The third-order valence-electron chi connectivity index (χ3n) is 3.92. The van der Waals surface area contributed by atoms with Crippen molar-refractivity contribution in [3.05, 3.63) is 68.8 Å². The normalized spacial score (nSPS) is 10.6. The van der Waals surface area contributed by atoms with Gasteiger partial charge in [0.25, 0.3) is 5.91 Å². The van der Waals surface area contributed by atoms with Gasteiger partial charge < -0.3 is 14.8 Å². The highest BCUT2D eigenvalue weighted by molar-refractivity contribution is 6.42. The molecule has 1 aromatic heterocycles. The molecular weight excluding hydrogens is 425 g/mol. The molecule has 1 N–H and O–H groups in total. The molecule has 9 heteroatoms. The van der Waals surface area contributed by atoms with E-state index in [0.717, 1.165) is 5.56 Å². The molecule has 1 heterocycles. The van der Waals surface area contributed by atoms with E-state index in [4.69, 9.17) is 44.3 Å². The summed E-state index contributed by atoms with van der Waals surface area (Å²) in [5.74, 6) is 0.860. The number of anilines is 1. The summed E-state index contributed by atoms with van der Waals surface area (Å²) in [7, 11) is 3.03. The van der Waals surface area contributed by atoms with E-state index in [1.54, 1.807) is 41.2 Å². The minimum atomic E-state index is -0.373. The number of carbonyl (C=O) groups is 1. The van der Waals surface area contributed by atoms with E-state index >= 15 is 0 Å². The van der Waals surface area contributed by atoms with E-state index in [9.17, 15) is 4.79 Å². The third kappa shape index (κ3) is 4.52. The van der Waals surface area contributed by atoms with Crippen molar-refractivity contribution in [2.75, 3.05) is 19.5 Å². The van der Waals surface area contributed by atoms with E-state index in [1.807, 2.05) is 6.07 Å². The first kappa shape index (κ1) is 20.3. The van der Waals surface area contributed by atoms with Crippen LogP contribution in [0.15, 0.2) is 42.6 Å². The molecule has 3 aromatic rings. The number of nitrogens with one attached hydrogen (secondary N) is 1. The SMILES string of the molecule is COc1ccc(C(=O)Nc2nn(Cc3ccc(Cl)c(Cl)c3)cc2Cl)cc1OC. The van der Waals surface area contributed by atoms with Gasteiger partial charge in [0, 0.05) is 11.8 Å². The number of aromatic nitrogens is 2. The first-order chi connectivity index (χ1) is 13.4. The number of methoxy groups -OCH3 is 2. The molecule has 1 amide bonds. The summed E-state index contributed by atoms with van der Waals surface area (Å²) in [5.41, 5.74) is 1.28. The van der Waals surface area contributed by atoms with Gasteiger partial charge in [-0.1, -0.05) is 40.9 Å². The van der Waals surface area contributed by atoms with Gasteiger partial charge >= 0.3 is 0 Å². The maximum atomic E-state index is 12.5. The van der Waals surface area contributed by atoms with Gasteiger partial charge in [-0.15, -0.1) is 0 Å². The monoisotopic (exact) mass is 439 g/mol. The van der Waals surface area contributed by atoms with Crippen LogP contribution in [0, 0.1) is 0 Å². The van der Waals surface area contributed by atoms with Gasteiger partial charge in [-0.2, -0.15) is 5.10 Å². The zero-order valence-electron chi connectivity index (χ0n) is 15.0. The Morgan fingerprint density at radius 1 is 1.00 bits per heavy atom. The van der Waals surface area contributed by atoms with E-state index in [-0.39, 0.29) is 11.7 Å². The molecule has 146 valence electrons. The summed E-state index contributed by atoms with van der Waals surface area (Å²) in [6, 6.07) is 10.2. The Kier molecular flexibility index (Phi) is 6.34. The number of nitrogens with zero attached hydrogens (tertiary/aromatic N) is 2. The second kappa shape index (κ2) is 8.73. The van der Waals surface area contributed by atoms with Crippen LogP contribution in [0.25, 0.3) is 0 Å². The lowest BCUT2D eigenvalue weighted by Gasteiger charge is -2.09. The first-order valence-electron chi connectivity index (χ1n) is 8.11. The molecule has 6 nitrogen and oxygen atoms in total. The molecule has 0 fully saturated rings. The summed E-state index contributed by atoms with van der Waals surface area (Å²) in [5, 5.41) is 8.27. The number of rotatable bonds is 6. The van der Waals surface area contributed by atoms with Crippen molar-refractivity contribution in [1.82, 2.24) is 9.78 Å². The lowest BCUT2D eigenvalue weighted by atomic mass is 10.2. The Hall–Kier alpha value is -2.41. The van der Waals surface area contributed by atoms with Gasteiger partial charge in [-0.25, -0.2) is 0 Å².